The fourth-order valence-corrected chi connectivity index (χ4v) is 3.85. The van der Waals surface area contributed by atoms with E-state index in [0.717, 1.165) is 24.1 Å². The van der Waals surface area contributed by atoms with Crippen LogP contribution in [0.1, 0.15) is 30.4 Å². The molecule has 3 N–H and O–H groups in total. The molecule has 0 radical (unpaired) electrons. The number of aryl methyl sites for hydroxylation is 1. The first-order chi connectivity index (χ1) is 9.94. The molecule has 0 bridgehead atoms. The van der Waals surface area contributed by atoms with Crippen molar-refractivity contribution in [3.63, 3.8) is 0 Å². The summed E-state index contributed by atoms with van der Waals surface area (Å²) < 4.78 is 27.5. The van der Waals surface area contributed by atoms with Crippen LogP contribution in [0.3, 0.4) is 0 Å². The molecule has 1 fully saturated rings. The van der Waals surface area contributed by atoms with Crippen molar-refractivity contribution in [2.45, 2.75) is 43.7 Å². The predicted octanol–water partition coefficient (Wildman–Crippen LogP) is 1.22. The van der Waals surface area contributed by atoms with Crippen LogP contribution in [0.4, 0.5) is 0 Å². The van der Waals surface area contributed by atoms with Gasteiger partial charge in [0.15, 0.2) is 0 Å². The third-order valence-electron chi connectivity index (χ3n) is 4.28. The summed E-state index contributed by atoms with van der Waals surface area (Å²) in [5.74, 6) is 0. The number of nitrogens with one attached hydrogen (secondary N) is 1. The van der Waals surface area contributed by atoms with Crippen LogP contribution in [0.5, 0.6) is 0 Å². The summed E-state index contributed by atoms with van der Waals surface area (Å²) in [6, 6.07) is 5.40. The molecule has 1 aromatic carbocycles. The maximum atomic E-state index is 12.4. The zero-order valence-corrected chi connectivity index (χ0v) is 13.6. The molecule has 118 valence electrons. The Morgan fingerprint density at radius 1 is 1.38 bits per heavy atom. The molecule has 0 spiro atoms. The van der Waals surface area contributed by atoms with Crippen LogP contribution in [-0.2, 0) is 16.6 Å². The smallest absolute Gasteiger partial charge is 0.240 e. The Bertz CT molecular complexity index is 587. The zero-order valence-electron chi connectivity index (χ0n) is 12.8. The molecule has 1 unspecified atom stereocenters. The van der Waals surface area contributed by atoms with E-state index in [-0.39, 0.29) is 6.04 Å². The van der Waals surface area contributed by atoms with Crippen molar-refractivity contribution >= 4 is 10.0 Å². The van der Waals surface area contributed by atoms with Gasteiger partial charge in [-0.15, -0.1) is 0 Å². The van der Waals surface area contributed by atoms with Crippen molar-refractivity contribution in [1.82, 2.24) is 9.62 Å². The third-order valence-corrected chi connectivity index (χ3v) is 5.70. The van der Waals surface area contributed by atoms with Gasteiger partial charge in [-0.25, -0.2) is 13.1 Å². The standard InChI is InChI=1S/C15H25N3O2S/c1-12-6-7-15(9-13(12)10-16)21(19,20)17-11-14-5-3-4-8-18(14)2/h6-7,9,14,17H,3-5,8,10-11,16H2,1-2H3. The molecule has 6 heteroatoms. The minimum absolute atomic E-state index is 0.285. The first-order valence-electron chi connectivity index (χ1n) is 7.43. The summed E-state index contributed by atoms with van der Waals surface area (Å²) in [5, 5.41) is 0. The van der Waals surface area contributed by atoms with Crippen molar-refractivity contribution in [1.29, 1.82) is 0 Å². The number of sulfonamides is 1. The number of nitrogens with two attached hydrogens (primary N) is 1. The Balaban J connectivity index is 2.07. The molecule has 1 saturated heterocycles. The Kier molecular flexibility index (Phi) is 5.37. The largest absolute Gasteiger partial charge is 0.326 e. The van der Waals surface area contributed by atoms with E-state index in [4.69, 9.17) is 5.73 Å². The minimum Gasteiger partial charge on any atom is -0.326 e. The van der Waals surface area contributed by atoms with E-state index in [2.05, 4.69) is 16.7 Å². The number of hydrogen-bond acceptors (Lipinski definition) is 4. The summed E-state index contributed by atoms with van der Waals surface area (Å²) in [6.45, 7) is 3.78. The number of nitrogens with zero attached hydrogens (tertiary/aromatic N) is 1. The summed E-state index contributed by atoms with van der Waals surface area (Å²) >= 11 is 0. The number of likely N-dealkylation sites (tertiary alicyclic amines) is 1. The Morgan fingerprint density at radius 2 is 2.14 bits per heavy atom. The highest BCUT2D eigenvalue weighted by Crippen LogP contribution is 2.17. The topological polar surface area (TPSA) is 75.4 Å². The van der Waals surface area contributed by atoms with Crippen LogP contribution in [0, 0.1) is 6.92 Å². The lowest BCUT2D eigenvalue weighted by Crippen LogP contribution is -2.44. The lowest BCUT2D eigenvalue weighted by molar-refractivity contribution is 0.187. The van der Waals surface area contributed by atoms with Crippen LogP contribution >= 0.6 is 0 Å². The molecule has 2 rings (SSSR count). The molecule has 0 amide bonds. The molecule has 21 heavy (non-hydrogen) atoms. The Hall–Kier alpha value is -0.950. The highest BCUT2D eigenvalue weighted by molar-refractivity contribution is 7.89. The van der Waals surface area contributed by atoms with Gasteiger partial charge in [-0.3, -0.25) is 0 Å². The van der Waals surface area contributed by atoms with Gasteiger partial charge in [0, 0.05) is 19.1 Å². The quantitative estimate of drug-likeness (QED) is 0.857. The second-order valence-corrected chi connectivity index (χ2v) is 7.54. The number of hydrogen-bond donors (Lipinski definition) is 2. The Morgan fingerprint density at radius 3 is 2.81 bits per heavy atom. The molecule has 0 saturated carbocycles. The maximum Gasteiger partial charge on any atom is 0.240 e. The van der Waals surface area contributed by atoms with E-state index >= 15 is 0 Å². The summed E-state index contributed by atoms with van der Waals surface area (Å²) in [7, 11) is -1.41. The first kappa shape index (κ1) is 16.4. The highest BCUT2D eigenvalue weighted by Gasteiger charge is 2.22. The second kappa shape index (κ2) is 6.87. The number of rotatable bonds is 5. The van der Waals surface area contributed by atoms with Crippen LogP contribution in [0.25, 0.3) is 0 Å². The number of likely N-dealkylation sites (N-methyl/N-ethyl adjacent to an activating group) is 1. The van der Waals surface area contributed by atoms with Gasteiger partial charge in [-0.2, -0.15) is 0 Å². The van der Waals surface area contributed by atoms with E-state index in [1.54, 1.807) is 12.1 Å². The molecular formula is C15H25N3O2S. The summed E-state index contributed by atoms with van der Waals surface area (Å²) in [6.07, 6.45) is 3.40. The molecule has 0 aliphatic carbocycles. The van der Waals surface area contributed by atoms with Gasteiger partial charge in [0.25, 0.3) is 0 Å². The molecule has 1 aromatic rings. The van der Waals surface area contributed by atoms with E-state index in [1.165, 1.54) is 12.8 Å². The number of piperidine rings is 1. The van der Waals surface area contributed by atoms with Crippen LogP contribution in [-0.4, -0.2) is 39.5 Å². The van der Waals surface area contributed by atoms with E-state index < -0.39 is 10.0 Å². The maximum absolute atomic E-state index is 12.4. The zero-order chi connectivity index (χ0) is 15.5. The minimum atomic E-state index is -3.46. The van der Waals surface area contributed by atoms with Gasteiger partial charge in [0.1, 0.15) is 0 Å². The van der Waals surface area contributed by atoms with Crippen molar-refractivity contribution in [3.05, 3.63) is 29.3 Å². The van der Waals surface area contributed by atoms with Gasteiger partial charge in [-0.05, 0) is 56.6 Å². The lowest BCUT2D eigenvalue weighted by atomic mass is 10.0. The van der Waals surface area contributed by atoms with Crippen LogP contribution in [0.15, 0.2) is 23.1 Å². The monoisotopic (exact) mass is 311 g/mol. The average Bonchev–Trinajstić information content (AvgIpc) is 2.46. The average molecular weight is 311 g/mol. The van der Waals surface area contributed by atoms with Crippen molar-refractivity contribution in [2.75, 3.05) is 20.1 Å². The van der Waals surface area contributed by atoms with Crippen molar-refractivity contribution < 1.29 is 8.42 Å². The fourth-order valence-electron chi connectivity index (χ4n) is 2.73. The van der Waals surface area contributed by atoms with Crippen LogP contribution in [0.2, 0.25) is 0 Å². The molecule has 1 aliphatic rings. The predicted molar refractivity (Wildman–Crippen MR) is 84.5 cm³/mol. The molecule has 5 nitrogen and oxygen atoms in total. The molecule has 0 aromatic heterocycles. The van der Waals surface area contributed by atoms with Crippen molar-refractivity contribution in [2.24, 2.45) is 5.73 Å². The second-order valence-electron chi connectivity index (χ2n) is 5.77. The molecule has 1 atom stereocenters. The van der Waals surface area contributed by atoms with Gasteiger partial charge in [-0.1, -0.05) is 12.5 Å². The van der Waals surface area contributed by atoms with E-state index in [1.807, 2.05) is 13.0 Å². The van der Waals surface area contributed by atoms with Gasteiger partial charge in [0.05, 0.1) is 4.90 Å². The third kappa shape index (κ3) is 4.03. The van der Waals surface area contributed by atoms with E-state index in [0.29, 0.717) is 18.0 Å². The van der Waals surface area contributed by atoms with Gasteiger partial charge >= 0.3 is 0 Å². The summed E-state index contributed by atoms with van der Waals surface area (Å²) in [5.41, 5.74) is 7.54. The lowest BCUT2D eigenvalue weighted by Gasteiger charge is -2.32. The normalized spacial score (nSPS) is 20.6. The molecule has 1 heterocycles. The van der Waals surface area contributed by atoms with Crippen molar-refractivity contribution in [3.8, 4) is 0 Å². The highest BCUT2D eigenvalue weighted by atomic mass is 32.2. The Labute approximate surface area is 127 Å². The van der Waals surface area contributed by atoms with Crippen LogP contribution < -0.4 is 10.5 Å². The number of benzene rings is 1. The SMILES string of the molecule is Cc1ccc(S(=O)(=O)NCC2CCCCN2C)cc1CN. The van der Waals surface area contributed by atoms with Gasteiger partial charge in [0.2, 0.25) is 10.0 Å². The summed E-state index contributed by atoms with van der Waals surface area (Å²) in [4.78, 5) is 2.53. The first-order valence-corrected chi connectivity index (χ1v) is 8.92. The molecule has 1 aliphatic heterocycles. The molecular weight excluding hydrogens is 286 g/mol. The van der Waals surface area contributed by atoms with Gasteiger partial charge < -0.3 is 10.6 Å². The van der Waals surface area contributed by atoms with E-state index in [9.17, 15) is 8.42 Å². The fraction of sp³-hybridized carbons (Fsp3) is 0.600.